The van der Waals surface area contributed by atoms with E-state index in [1.54, 1.807) is 35.3 Å². The van der Waals surface area contributed by atoms with Gasteiger partial charge in [0, 0.05) is 18.1 Å². The fraction of sp³-hybridized carbons (Fsp3) is 0.462. The lowest BCUT2D eigenvalue weighted by molar-refractivity contribution is 0.101. The smallest absolute Gasteiger partial charge is 0.275 e. The fourth-order valence-electron chi connectivity index (χ4n) is 2.35. The van der Waals surface area contributed by atoms with E-state index in [-0.39, 0.29) is 5.91 Å². The Kier molecular flexibility index (Phi) is 3.10. The maximum Gasteiger partial charge on any atom is 0.275 e. The molecule has 1 amide bonds. The average molecular weight is 276 g/mol. The lowest BCUT2D eigenvalue weighted by atomic mass is 9.93. The van der Waals surface area contributed by atoms with Crippen molar-refractivity contribution in [3.63, 3.8) is 0 Å². The van der Waals surface area contributed by atoms with Crippen molar-refractivity contribution in [2.75, 3.05) is 5.32 Å². The van der Waals surface area contributed by atoms with Gasteiger partial charge in [-0.3, -0.25) is 14.8 Å². The molecule has 3 rings (SSSR count). The number of aromatic nitrogens is 3. The van der Waals surface area contributed by atoms with Crippen LogP contribution in [0, 0.1) is 5.92 Å². The topological polar surface area (TPSA) is 59.8 Å². The minimum atomic E-state index is -0.154. The standard InChI is InChI=1S/C13H16N4OS/c1-8-3-4-9-11(7-8)19-13(15-9)16-12(18)10-5-6-14-17(10)2/h5-6,8H,3-4,7H2,1-2H3,(H,15,16,18)/t8-/m1/s1. The Morgan fingerprint density at radius 3 is 3.16 bits per heavy atom. The molecule has 0 saturated carbocycles. The Hall–Kier alpha value is -1.69. The summed E-state index contributed by atoms with van der Waals surface area (Å²) in [5.74, 6) is 0.563. The predicted molar refractivity (Wildman–Crippen MR) is 74.5 cm³/mol. The van der Waals surface area contributed by atoms with Gasteiger partial charge in [-0.05, 0) is 31.2 Å². The maximum atomic E-state index is 12.1. The number of hydrogen-bond donors (Lipinski definition) is 1. The molecule has 0 fully saturated rings. The normalized spacial score (nSPS) is 18.1. The van der Waals surface area contributed by atoms with E-state index in [0.29, 0.717) is 16.7 Å². The monoisotopic (exact) mass is 276 g/mol. The number of nitrogens with one attached hydrogen (secondary N) is 1. The second kappa shape index (κ2) is 4.77. The number of carbonyl (C=O) groups is 1. The molecule has 5 nitrogen and oxygen atoms in total. The van der Waals surface area contributed by atoms with Gasteiger partial charge in [-0.1, -0.05) is 6.92 Å². The molecule has 0 unspecified atom stereocenters. The molecular formula is C13H16N4OS. The number of fused-ring (bicyclic) bond motifs is 1. The largest absolute Gasteiger partial charge is 0.296 e. The van der Waals surface area contributed by atoms with Gasteiger partial charge in [0.15, 0.2) is 5.13 Å². The summed E-state index contributed by atoms with van der Waals surface area (Å²) in [5, 5.41) is 7.56. The number of carbonyl (C=O) groups excluding carboxylic acids is 1. The van der Waals surface area contributed by atoms with E-state index in [4.69, 9.17) is 0 Å². The van der Waals surface area contributed by atoms with Crippen LogP contribution in [0.2, 0.25) is 0 Å². The Morgan fingerprint density at radius 2 is 2.42 bits per heavy atom. The number of nitrogens with zero attached hydrogens (tertiary/aromatic N) is 3. The lowest BCUT2D eigenvalue weighted by Gasteiger charge is -2.15. The van der Waals surface area contributed by atoms with E-state index in [1.807, 2.05) is 0 Å². The molecule has 1 N–H and O–H groups in total. The molecule has 100 valence electrons. The summed E-state index contributed by atoms with van der Waals surface area (Å²) < 4.78 is 1.56. The van der Waals surface area contributed by atoms with Crippen molar-refractivity contribution in [3.05, 3.63) is 28.5 Å². The zero-order chi connectivity index (χ0) is 13.4. The molecule has 1 aliphatic rings. The molecule has 2 aromatic rings. The van der Waals surface area contributed by atoms with Gasteiger partial charge < -0.3 is 0 Å². The summed E-state index contributed by atoms with van der Waals surface area (Å²) in [6.07, 6.45) is 4.90. The molecule has 6 heteroatoms. The zero-order valence-electron chi connectivity index (χ0n) is 11.0. The Balaban J connectivity index is 1.78. The summed E-state index contributed by atoms with van der Waals surface area (Å²) in [6, 6.07) is 1.70. The summed E-state index contributed by atoms with van der Waals surface area (Å²) >= 11 is 1.60. The molecule has 19 heavy (non-hydrogen) atoms. The van der Waals surface area contributed by atoms with E-state index in [1.165, 1.54) is 11.3 Å². The first-order valence-corrected chi connectivity index (χ1v) is 7.23. The minimum Gasteiger partial charge on any atom is -0.296 e. The van der Waals surface area contributed by atoms with E-state index >= 15 is 0 Å². The van der Waals surface area contributed by atoms with Crippen molar-refractivity contribution in [2.24, 2.45) is 13.0 Å². The molecule has 0 spiro atoms. The number of rotatable bonds is 2. The summed E-state index contributed by atoms with van der Waals surface area (Å²) in [7, 11) is 1.75. The van der Waals surface area contributed by atoms with E-state index in [0.717, 1.165) is 18.5 Å². The highest BCUT2D eigenvalue weighted by Crippen LogP contribution is 2.32. The van der Waals surface area contributed by atoms with Gasteiger partial charge in [0.05, 0.1) is 5.69 Å². The third-order valence-corrected chi connectivity index (χ3v) is 4.50. The highest BCUT2D eigenvalue weighted by atomic mass is 32.1. The highest BCUT2D eigenvalue weighted by molar-refractivity contribution is 7.15. The first kappa shape index (κ1) is 12.3. The van der Waals surface area contributed by atoms with Crippen LogP contribution in [0.1, 0.15) is 34.4 Å². The SMILES string of the molecule is C[C@@H]1CCc2nc(NC(=O)c3ccnn3C)sc2C1. The van der Waals surface area contributed by atoms with Crippen molar-refractivity contribution in [3.8, 4) is 0 Å². The van der Waals surface area contributed by atoms with Gasteiger partial charge in [0.1, 0.15) is 5.69 Å². The van der Waals surface area contributed by atoms with E-state index in [2.05, 4.69) is 22.3 Å². The van der Waals surface area contributed by atoms with Crippen LogP contribution in [0.5, 0.6) is 0 Å². The van der Waals surface area contributed by atoms with Gasteiger partial charge in [0.25, 0.3) is 5.91 Å². The molecule has 1 aliphatic carbocycles. The van der Waals surface area contributed by atoms with Crippen molar-refractivity contribution in [1.82, 2.24) is 14.8 Å². The van der Waals surface area contributed by atoms with Crippen LogP contribution in [0.25, 0.3) is 0 Å². The van der Waals surface area contributed by atoms with E-state index in [9.17, 15) is 4.79 Å². The van der Waals surface area contributed by atoms with Crippen molar-refractivity contribution in [1.29, 1.82) is 0 Å². The number of thiazole rings is 1. The molecule has 0 aliphatic heterocycles. The van der Waals surface area contributed by atoms with Gasteiger partial charge in [-0.25, -0.2) is 4.98 Å². The number of aryl methyl sites for hydroxylation is 2. The second-order valence-electron chi connectivity index (χ2n) is 5.03. The molecule has 1 atom stereocenters. The van der Waals surface area contributed by atoms with Crippen LogP contribution in [0.15, 0.2) is 12.3 Å². The summed E-state index contributed by atoms with van der Waals surface area (Å²) in [6.45, 7) is 2.26. The van der Waals surface area contributed by atoms with Gasteiger partial charge in [0.2, 0.25) is 0 Å². The van der Waals surface area contributed by atoms with Gasteiger partial charge >= 0.3 is 0 Å². The van der Waals surface area contributed by atoms with Crippen molar-refractivity contribution < 1.29 is 4.79 Å². The molecule has 0 aromatic carbocycles. The summed E-state index contributed by atoms with van der Waals surface area (Å²) in [4.78, 5) is 17.9. The van der Waals surface area contributed by atoms with Crippen LogP contribution in [-0.2, 0) is 19.9 Å². The minimum absolute atomic E-state index is 0.154. The third kappa shape index (κ3) is 2.40. The maximum absolute atomic E-state index is 12.1. The van der Waals surface area contributed by atoms with Crippen LogP contribution < -0.4 is 5.32 Å². The molecular weight excluding hydrogens is 260 g/mol. The van der Waals surface area contributed by atoms with Crippen LogP contribution in [-0.4, -0.2) is 20.7 Å². The number of hydrogen-bond acceptors (Lipinski definition) is 4. The van der Waals surface area contributed by atoms with Crippen LogP contribution in [0.3, 0.4) is 0 Å². The first-order chi connectivity index (χ1) is 9.13. The van der Waals surface area contributed by atoms with Crippen LogP contribution in [0.4, 0.5) is 5.13 Å². The number of amides is 1. The molecule has 0 bridgehead atoms. The van der Waals surface area contributed by atoms with E-state index < -0.39 is 0 Å². The zero-order valence-corrected chi connectivity index (χ0v) is 11.8. The van der Waals surface area contributed by atoms with Crippen LogP contribution >= 0.6 is 11.3 Å². The number of anilines is 1. The second-order valence-corrected chi connectivity index (χ2v) is 6.11. The average Bonchev–Trinajstić information content (AvgIpc) is 2.94. The lowest BCUT2D eigenvalue weighted by Crippen LogP contribution is -2.16. The fourth-order valence-corrected chi connectivity index (χ4v) is 3.52. The Bertz CT molecular complexity index is 616. The molecule has 2 aromatic heterocycles. The summed E-state index contributed by atoms with van der Waals surface area (Å²) in [5.41, 5.74) is 1.70. The quantitative estimate of drug-likeness (QED) is 0.915. The Labute approximate surface area is 115 Å². The third-order valence-electron chi connectivity index (χ3n) is 3.46. The Morgan fingerprint density at radius 1 is 1.58 bits per heavy atom. The predicted octanol–water partition coefficient (Wildman–Crippen LogP) is 2.25. The van der Waals surface area contributed by atoms with Crippen molar-refractivity contribution >= 4 is 22.4 Å². The van der Waals surface area contributed by atoms with Gasteiger partial charge in [-0.15, -0.1) is 11.3 Å². The highest BCUT2D eigenvalue weighted by Gasteiger charge is 2.21. The van der Waals surface area contributed by atoms with Crippen molar-refractivity contribution in [2.45, 2.75) is 26.2 Å². The molecule has 2 heterocycles. The molecule has 0 saturated heterocycles. The van der Waals surface area contributed by atoms with Gasteiger partial charge in [-0.2, -0.15) is 5.10 Å². The molecule has 0 radical (unpaired) electrons. The first-order valence-electron chi connectivity index (χ1n) is 6.41.